The van der Waals surface area contributed by atoms with Crippen molar-refractivity contribution in [1.29, 1.82) is 0 Å². The summed E-state index contributed by atoms with van der Waals surface area (Å²) in [6.45, 7) is 9.68. The zero-order chi connectivity index (χ0) is 18.1. The average Bonchev–Trinajstić information content (AvgIpc) is 2.67. The second-order valence-electron chi connectivity index (χ2n) is 6.77. The van der Waals surface area contributed by atoms with Gasteiger partial charge in [-0.3, -0.25) is 4.79 Å². The Hall–Kier alpha value is -1.60. The van der Waals surface area contributed by atoms with Crippen LogP contribution in [-0.4, -0.2) is 38.0 Å². The monoisotopic (exact) mass is 338 g/mol. The molecular weight excluding hydrogens is 314 g/mol. The minimum Gasteiger partial charge on any atom is -0.493 e. The van der Waals surface area contributed by atoms with Crippen molar-refractivity contribution in [2.75, 3.05) is 13.7 Å². The summed E-state index contributed by atoms with van der Waals surface area (Å²) < 4.78 is 36.3. The normalized spacial score (nSPS) is 18.5. The third-order valence-electron chi connectivity index (χ3n) is 4.51. The maximum Gasteiger partial charge on any atom is 0.494 e. The highest BCUT2D eigenvalue weighted by atomic mass is 19.1. The van der Waals surface area contributed by atoms with E-state index in [2.05, 4.69) is 0 Å². The lowest BCUT2D eigenvalue weighted by Crippen LogP contribution is -2.41. The van der Waals surface area contributed by atoms with Crippen LogP contribution in [-0.2, 0) is 25.3 Å². The lowest BCUT2D eigenvalue weighted by Gasteiger charge is -2.32. The summed E-state index contributed by atoms with van der Waals surface area (Å²) in [6, 6.07) is 2.98. The van der Waals surface area contributed by atoms with Crippen LogP contribution in [0.25, 0.3) is 0 Å². The Bertz CT molecular complexity index is 614. The quantitative estimate of drug-likeness (QED) is 0.609. The van der Waals surface area contributed by atoms with Crippen LogP contribution in [0.1, 0.15) is 40.2 Å². The SMILES string of the molecule is CCOC(=O)Cc1cc(B2OC(C)(C)C(C)(C)O2)cc(F)c1OC. The van der Waals surface area contributed by atoms with Gasteiger partial charge in [0.2, 0.25) is 0 Å². The van der Waals surface area contributed by atoms with Crippen molar-refractivity contribution in [1.82, 2.24) is 0 Å². The van der Waals surface area contributed by atoms with Gasteiger partial charge >= 0.3 is 13.1 Å². The summed E-state index contributed by atoms with van der Waals surface area (Å²) in [4.78, 5) is 11.8. The number of benzene rings is 1. The number of ether oxygens (including phenoxy) is 2. The fourth-order valence-corrected chi connectivity index (χ4v) is 2.52. The third-order valence-corrected chi connectivity index (χ3v) is 4.51. The molecule has 0 radical (unpaired) electrons. The van der Waals surface area contributed by atoms with E-state index in [9.17, 15) is 9.18 Å². The summed E-state index contributed by atoms with van der Waals surface area (Å²) in [5, 5.41) is 0. The van der Waals surface area contributed by atoms with Crippen LogP contribution in [0.15, 0.2) is 12.1 Å². The van der Waals surface area contributed by atoms with Gasteiger partial charge in [-0.25, -0.2) is 4.39 Å². The van der Waals surface area contributed by atoms with Gasteiger partial charge in [0, 0.05) is 5.56 Å². The van der Waals surface area contributed by atoms with E-state index in [-0.39, 0.29) is 18.8 Å². The second-order valence-corrected chi connectivity index (χ2v) is 6.77. The topological polar surface area (TPSA) is 54.0 Å². The van der Waals surface area contributed by atoms with E-state index >= 15 is 0 Å². The van der Waals surface area contributed by atoms with Gasteiger partial charge in [0.15, 0.2) is 11.6 Å². The highest BCUT2D eigenvalue weighted by molar-refractivity contribution is 6.62. The molecule has 7 heteroatoms. The van der Waals surface area contributed by atoms with Gasteiger partial charge in [-0.1, -0.05) is 6.07 Å². The standard InChI is InChI=1S/C17H24BFO5/c1-7-22-14(20)9-11-8-12(10-13(19)15(11)21-6)18-23-16(2,3)17(4,5)24-18/h8,10H,7,9H2,1-6H3. The summed E-state index contributed by atoms with van der Waals surface area (Å²) >= 11 is 0. The van der Waals surface area contributed by atoms with Crippen molar-refractivity contribution < 1.29 is 28.0 Å². The Morgan fingerprint density at radius 2 is 1.79 bits per heavy atom. The molecule has 0 atom stereocenters. The molecule has 5 nitrogen and oxygen atoms in total. The molecule has 1 aromatic carbocycles. The third kappa shape index (κ3) is 3.57. The minimum absolute atomic E-state index is 0.0309. The van der Waals surface area contributed by atoms with Gasteiger partial charge in [-0.15, -0.1) is 0 Å². The van der Waals surface area contributed by atoms with Crippen molar-refractivity contribution in [2.24, 2.45) is 0 Å². The molecule has 0 unspecified atom stereocenters. The van der Waals surface area contributed by atoms with Gasteiger partial charge in [-0.05, 0) is 46.1 Å². The molecule has 1 aliphatic rings. The Morgan fingerprint density at radius 3 is 2.29 bits per heavy atom. The van der Waals surface area contributed by atoms with Crippen LogP contribution in [0, 0.1) is 5.82 Å². The number of carbonyl (C=O) groups is 1. The van der Waals surface area contributed by atoms with Crippen LogP contribution in [0.2, 0.25) is 0 Å². The van der Waals surface area contributed by atoms with E-state index in [1.165, 1.54) is 13.2 Å². The molecule has 0 aliphatic carbocycles. The molecule has 0 saturated carbocycles. The summed E-state index contributed by atoms with van der Waals surface area (Å²) in [5.41, 5.74) is -0.156. The van der Waals surface area contributed by atoms with Gasteiger partial charge in [0.25, 0.3) is 0 Å². The first-order chi connectivity index (χ1) is 11.1. The lowest BCUT2D eigenvalue weighted by molar-refractivity contribution is -0.142. The molecule has 0 amide bonds. The predicted molar refractivity (Wildman–Crippen MR) is 89.0 cm³/mol. The molecule has 132 valence electrons. The molecule has 0 spiro atoms. The summed E-state index contributed by atoms with van der Waals surface area (Å²) in [7, 11) is 0.651. The minimum atomic E-state index is -0.712. The maximum atomic E-state index is 14.4. The van der Waals surface area contributed by atoms with Crippen molar-refractivity contribution in [3.8, 4) is 5.75 Å². The van der Waals surface area contributed by atoms with Crippen molar-refractivity contribution in [3.63, 3.8) is 0 Å². The maximum absolute atomic E-state index is 14.4. The van der Waals surface area contributed by atoms with Gasteiger partial charge in [-0.2, -0.15) is 0 Å². The largest absolute Gasteiger partial charge is 0.494 e. The molecule has 1 fully saturated rings. The highest BCUT2D eigenvalue weighted by Crippen LogP contribution is 2.37. The van der Waals surface area contributed by atoms with Crippen LogP contribution in [0.3, 0.4) is 0 Å². The predicted octanol–water partition coefficient (Wildman–Crippen LogP) is 2.24. The number of hydrogen-bond acceptors (Lipinski definition) is 5. The summed E-state index contributed by atoms with van der Waals surface area (Å²) in [6.07, 6.45) is -0.0821. The van der Waals surface area contributed by atoms with Crippen molar-refractivity contribution >= 4 is 18.6 Å². The van der Waals surface area contributed by atoms with E-state index in [1.54, 1.807) is 13.0 Å². The number of carbonyl (C=O) groups excluding carboxylic acids is 1. The van der Waals surface area contributed by atoms with Crippen molar-refractivity contribution in [3.05, 3.63) is 23.5 Å². The lowest BCUT2D eigenvalue weighted by atomic mass is 9.78. The Balaban J connectivity index is 2.36. The highest BCUT2D eigenvalue weighted by Gasteiger charge is 2.52. The van der Waals surface area contributed by atoms with E-state index < -0.39 is 30.1 Å². The smallest absolute Gasteiger partial charge is 0.493 e. The van der Waals surface area contributed by atoms with E-state index in [0.717, 1.165) is 0 Å². The molecule has 1 heterocycles. The van der Waals surface area contributed by atoms with Crippen LogP contribution in [0.5, 0.6) is 5.75 Å². The molecule has 2 rings (SSSR count). The first-order valence-electron chi connectivity index (χ1n) is 7.99. The molecule has 0 aromatic heterocycles. The Morgan fingerprint density at radius 1 is 1.21 bits per heavy atom. The first kappa shape index (κ1) is 18.7. The summed E-state index contributed by atoms with van der Waals surface area (Å²) in [5.74, 6) is -0.978. The number of halogens is 1. The Kier molecular flexibility index (Phi) is 5.25. The van der Waals surface area contributed by atoms with Crippen molar-refractivity contribution in [2.45, 2.75) is 52.2 Å². The molecule has 0 N–H and O–H groups in total. The number of esters is 1. The van der Waals surface area contributed by atoms with Gasteiger partial charge in [0.1, 0.15) is 0 Å². The average molecular weight is 338 g/mol. The second kappa shape index (κ2) is 6.72. The van der Waals surface area contributed by atoms with Crippen LogP contribution in [0.4, 0.5) is 4.39 Å². The van der Waals surface area contributed by atoms with E-state index in [1.807, 2.05) is 27.7 Å². The number of methoxy groups -OCH3 is 1. The first-order valence-corrected chi connectivity index (χ1v) is 7.99. The fourth-order valence-electron chi connectivity index (χ4n) is 2.52. The van der Waals surface area contributed by atoms with E-state index in [4.69, 9.17) is 18.8 Å². The van der Waals surface area contributed by atoms with E-state index in [0.29, 0.717) is 11.0 Å². The molecular formula is C17H24BFO5. The molecule has 0 bridgehead atoms. The number of hydrogen-bond donors (Lipinski definition) is 0. The van der Waals surface area contributed by atoms with Crippen LogP contribution >= 0.6 is 0 Å². The molecule has 1 aliphatic heterocycles. The zero-order valence-electron chi connectivity index (χ0n) is 15.1. The molecule has 1 saturated heterocycles. The number of rotatable bonds is 5. The van der Waals surface area contributed by atoms with Gasteiger partial charge in [0.05, 0.1) is 31.3 Å². The van der Waals surface area contributed by atoms with Crippen LogP contribution < -0.4 is 10.2 Å². The Labute approximate surface area is 142 Å². The van der Waals surface area contributed by atoms with Gasteiger partial charge < -0.3 is 18.8 Å². The zero-order valence-corrected chi connectivity index (χ0v) is 15.1. The molecule has 24 heavy (non-hydrogen) atoms. The molecule has 1 aromatic rings. The fraction of sp³-hybridized carbons (Fsp3) is 0.588.